The second-order valence-electron chi connectivity index (χ2n) is 6.58. The number of furan rings is 1. The van der Waals surface area contributed by atoms with Crippen molar-refractivity contribution in [3.05, 3.63) is 17.7 Å². The minimum atomic E-state index is -3.55. The number of hydrogen-bond donors (Lipinski definition) is 1. The predicted molar refractivity (Wildman–Crippen MR) is 91.7 cm³/mol. The summed E-state index contributed by atoms with van der Waals surface area (Å²) < 4.78 is 37.7. The molecule has 4 rings (SSSR count). The van der Waals surface area contributed by atoms with Crippen LogP contribution in [0.3, 0.4) is 0 Å². The first-order valence-electron chi connectivity index (χ1n) is 8.14. The Balaban J connectivity index is 0.00000182. The molecule has 10 heteroatoms. The number of halogens is 1. The van der Waals surface area contributed by atoms with Gasteiger partial charge in [0.25, 0.3) is 5.89 Å². The molecule has 0 amide bonds. The summed E-state index contributed by atoms with van der Waals surface area (Å²) in [5, 5.41) is 3.93. The van der Waals surface area contributed by atoms with Gasteiger partial charge in [-0.1, -0.05) is 5.16 Å². The Hall–Kier alpha value is -1.42. The van der Waals surface area contributed by atoms with Crippen LogP contribution in [-0.2, 0) is 15.6 Å². The van der Waals surface area contributed by atoms with E-state index in [0.29, 0.717) is 24.7 Å². The van der Waals surface area contributed by atoms with Crippen LogP contribution in [0.25, 0.3) is 11.7 Å². The summed E-state index contributed by atoms with van der Waals surface area (Å²) in [5.41, 5.74) is 5.65. The van der Waals surface area contributed by atoms with Crippen LogP contribution in [0, 0.1) is 6.92 Å². The van der Waals surface area contributed by atoms with Gasteiger partial charge in [0.15, 0.2) is 11.6 Å². The summed E-state index contributed by atoms with van der Waals surface area (Å²) in [5.74, 6) is 1.18. The summed E-state index contributed by atoms with van der Waals surface area (Å²) in [6.45, 7) is 2.71. The van der Waals surface area contributed by atoms with E-state index in [-0.39, 0.29) is 29.0 Å². The van der Waals surface area contributed by atoms with E-state index in [4.69, 9.17) is 14.7 Å². The summed E-state index contributed by atoms with van der Waals surface area (Å²) in [7, 11) is -3.55. The molecule has 0 atom stereocenters. The van der Waals surface area contributed by atoms with Crippen molar-refractivity contribution in [3.63, 3.8) is 0 Å². The summed E-state index contributed by atoms with van der Waals surface area (Å²) in [4.78, 5) is 4.46. The van der Waals surface area contributed by atoms with Crippen molar-refractivity contribution in [2.75, 3.05) is 13.1 Å². The SMILES string of the molecule is Cc1oc(-c2nc(C3(N)CCC3)no2)cc1S(=O)(=O)N1CCCC1.Cl. The standard InChI is InChI=1S/C15H20N4O4S.ClH/c1-10-12(24(20,21)19-7-2-3-8-19)9-11(22-10)13-17-14(18-23-13)15(16)5-4-6-15;/h9H,2-8,16H2,1H3;1H. The number of sulfonamides is 1. The minimum absolute atomic E-state index is 0. The molecule has 1 aliphatic heterocycles. The van der Waals surface area contributed by atoms with Crippen molar-refractivity contribution in [2.24, 2.45) is 5.73 Å². The van der Waals surface area contributed by atoms with Gasteiger partial charge in [-0.05, 0) is 39.0 Å². The lowest BCUT2D eigenvalue weighted by Crippen LogP contribution is -2.44. The Kier molecular flexibility index (Phi) is 4.69. The van der Waals surface area contributed by atoms with Gasteiger partial charge in [-0.15, -0.1) is 12.4 Å². The molecule has 0 radical (unpaired) electrons. The topological polar surface area (TPSA) is 115 Å². The number of nitrogens with two attached hydrogens (primary N) is 1. The van der Waals surface area contributed by atoms with Gasteiger partial charge in [-0.25, -0.2) is 8.42 Å². The van der Waals surface area contributed by atoms with Crippen LogP contribution >= 0.6 is 12.4 Å². The monoisotopic (exact) mass is 388 g/mol. The molecule has 3 heterocycles. The summed E-state index contributed by atoms with van der Waals surface area (Å²) in [6, 6.07) is 1.46. The lowest BCUT2D eigenvalue weighted by Gasteiger charge is -2.34. The number of nitrogens with zero attached hydrogens (tertiary/aromatic N) is 3. The third-order valence-corrected chi connectivity index (χ3v) is 6.89. The van der Waals surface area contributed by atoms with E-state index >= 15 is 0 Å². The fourth-order valence-electron chi connectivity index (χ4n) is 3.20. The van der Waals surface area contributed by atoms with E-state index in [9.17, 15) is 8.42 Å². The third-order valence-electron chi connectivity index (χ3n) is 4.88. The molecule has 138 valence electrons. The molecule has 2 aromatic heterocycles. The molecule has 1 saturated carbocycles. The molecule has 0 aromatic carbocycles. The van der Waals surface area contributed by atoms with Crippen LogP contribution in [0.5, 0.6) is 0 Å². The van der Waals surface area contributed by atoms with Crippen molar-refractivity contribution in [3.8, 4) is 11.7 Å². The molecule has 2 aliphatic rings. The average molecular weight is 389 g/mol. The third kappa shape index (κ3) is 2.99. The lowest BCUT2D eigenvalue weighted by molar-refractivity contribution is 0.229. The quantitative estimate of drug-likeness (QED) is 0.853. The number of aryl methyl sites for hydroxylation is 1. The second-order valence-corrected chi connectivity index (χ2v) is 8.48. The normalized spacial score (nSPS) is 20.2. The summed E-state index contributed by atoms with van der Waals surface area (Å²) >= 11 is 0. The fourth-order valence-corrected chi connectivity index (χ4v) is 4.88. The Labute approximate surface area is 152 Å². The van der Waals surface area contributed by atoms with Gasteiger partial charge < -0.3 is 14.7 Å². The molecule has 1 saturated heterocycles. The number of rotatable bonds is 4. The van der Waals surface area contributed by atoms with Crippen molar-refractivity contribution < 1.29 is 17.4 Å². The van der Waals surface area contributed by atoms with E-state index in [1.807, 2.05) is 0 Å². The zero-order chi connectivity index (χ0) is 16.9. The highest BCUT2D eigenvalue weighted by Crippen LogP contribution is 2.38. The van der Waals surface area contributed by atoms with Gasteiger partial charge in [-0.3, -0.25) is 0 Å². The predicted octanol–water partition coefficient (Wildman–Crippen LogP) is 2.18. The Morgan fingerprint density at radius 1 is 1.24 bits per heavy atom. The molecule has 2 fully saturated rings. The molecule has 25 heavy (non-hydrogen) atoms. The minimum Gasteiger partial charge on any atom is -0.455 e. The van der Waals surface area contributed by atoms with E-state index in [1.54, 1.807) is 6.92 Å². The van der Waals surface area contributed by atoms with Crippen molar-refractivity contribution in [2.45, 2.75) is 49.5 Å². The summed E-state index contributed by atoms with van der Waals surface area (Å²) in [6.07, 6.45) is 4.44. The van der Waals surface area contributed by atoms with Crippen molar-refractivity contribution in [1.82, 2.24) is 14.4 Å². The highest BCUT2D eigenvalue weighted by molar-refractivity contribution is 7.89. The van der Waals surface area contributed by atoms with E-state index in [0.717, 1.165) is 32.1 Å². The maximum Gasteiger partial charge on any atom is 0.293 e. The molecule has 2 N–H and O–H groups in total. The maximum atomic E-state index is 12.7. The van der Waals surface area contributed by atoms with Crippen LogP contribution in [0.4, 0.5) is 0 Å². The second kappa shape index (κ2) is 6.39. The number of hydrogen-bond acceptors (Lipinski definition) is 7. The van der Waals surface area contributed by atoms with Crippen LogP contribution in [-0.4, -0.2) is 36.0 Å². The molecule has 0 bridgehead atoms. The van der Waals surface area contributed by atoms with Crippen LogP contribution in [0.15, 0.2) is 19.9 Å². The first kappa shape index (κ1) is 18.4. The van der Waals surface area contributed by atoms with Gasteiger partial charge in [-0.2, -0.15) is 9.29 Å². The van der Waals surface area contributed by atoms with Gasteiger partial charge in [0.2, 0.25) is 10.0 Å². The van der Waals surface area contributed by atoms with Gasteiger partial charge in [0.05, 0.1) is 5.54 Å². The largest absolute Gasteiger partial charge is 0.455 e. The smallest absolute Gasteiger partial charge is 0.293 e. The highest BCUT2D eigenvalue weighted by Gasteiger charge is 2.39. The van der Waals surface area contributed by atoms with E-state index in [2.05, 4.69) is 10.1 Å². The molecular formula is C15H21ClN4O4S. The van der Waals surface area contributed by atoms with Crippen molar-refractivity contribution in [1.29, 1.82) is 0 Å². The highest BCUT2D eigenvalue weighted by atomic mass is 35.5. The molecular weight excluding hydrogens is 368 g/mol. The maximum absolute atomic E-state index is 12.7. The molecule has 8 nitrogen and oxygen atoms in total. The Morgan fingerprint density at radius 3 is 2.52 bits per heavy atom. The zero-order valence-corrected chi connectivity index (χ0v) is 15.5. The lowest BCUT2D eigenvalue weighted by atomic mass is 9.77. The van der Waals surface area contributed by atoms with Gasteiger partial charge in [0, 0.05) is 19.2 Å². The van der Waals surface area contributed by atoms with Crippen LogP contribution in [0.1, 0.15) is 43.7 Å². The zero-order valence-electron chi connectivity index (χ0n) is 13.9. The molecule has 0 spiro atoms. The molecule has 1 aliphatic carbocycles. The van der Waals surface area contributed by atoms with E-state index < -0.39 is 15.6 Å². The average Bonchev–Trinajstić information content (AvgIpc) is 3.24. The fraction of sp³-hybridized carbons (Fsp3) is 0.600. The van der Waals surface area contributed by atoms with Gasteiger partial charge >= 0.3 is 0 Å². The van der Waals surface area contributed by atoms with Crippen LogP contribution in [0.2, 0.25) is 0 Å². The van der Waals surface area contributed by atoms with Gasteiger partial charge in [0.1, 0.15) is 10.7 Å². The molecule has 0 unspecified atom stereocenters. The number of aromatic nitrogens is 2. The first-order chi connectivity index (χ1) is 11.4. The van der Waals surface area contributed by atoms with Crippen molar-refractivity contribution >= 4 is 22.4 Å². The van der Waals surface area contributed by atoms with Crippen LogP contribution < -0.4 is 5.73 Å². The Bertz CT molecular complexity index is 866. The first-order valence-corrected chi connectivity index (χ1v) is 9.58. The Morgan fingerprint density at radius 2 is 1.92 bits per heavy atom. The molecule has 2 aromatic rings. The van der Waals surface area contributed by atoms with E-state index in [1.165, 1.54) is 10.4 Å².